The molecule has 0 saturated heterocycles. The second-order valence-corrected chi connectivity index (χ2v) is 6.12. The smallest absolute Gasteiger partial charge is 0.274 e. The van der Waals surface area contributed by atoms with E-state index in [1.165, 1.54) is 13.1 Å². The van der Waals surface area contributed by atoms with Crippen LogP contribution < -0.4 is 16.0 Å². The van der Waals surface area contributed by atoms with E-state index in [4.69, 9.17) is 0 Å². The zero-order valence-electron chi connectivity index (χ0n) is 15.7. The molecule has 0 aliphatic carbocycles. The second kappa shape index (κ2) is 8.77. The molecule has 0 aliphatic rings. The van der Waals surface area contributed by atoms with E-state index in [0.29, 0.717) is 17.3 Å². The molecule has 3 aromatic rings. The Morgan fingerprint density at radius 2 is 1.71 bits per heavy atom. The van der Waals surface area contributed by atoms with Gasteiger partial charge in [0.25, 0.3) is 5.91 Å². The summed E-state index contributed by atoms with van der Waals surface area (Å²) >= 11 is 0. The highest BCUT2D eigenvalue weighted by molar-refractivity contribution is 6.03. The van der Waals surface area contributed by atoms with Crippen LogP contribution in [-0.4, -0.2) is 21.8 Å². The third kappa shape index (κ3) is 4.91. The largest absolute Gasteiger partial charge is 0.326 e. The minimum Gasteiger partial charge on any atom is -0.326 e. The molecule has 2 amide bonds. The zero-order chi connectivity index (χ0) is 19.9. The van der Waals surface area contributed by atoms with Gasteiger partial charge in [0.2, 0.25) is 11.9 Å². The quantitative estimate of drug-likeness (QED) is 0.605. The van der Waals surface area contributed by atoms with Crippen molar-refractivity contribution in [1.82, 2.24) is 9.97 Å². The summed E-state index contributed by atoms with van der Waals surface area (Å²) in [5.41, 5.74) is 3.44. The van der Waals surface area contributed by atoms with Crippen molar-refractivity contribution in [3.8, 4) is 0 Å². The maximum absolute atomic E-state index is 12.6. The van der Waals surface area contributed by atoms with Crippen molar-refractivity contribution in [2.45, 2.75) is 20.3 Å². The lowest BCUT2D eigenvalue weighted by Crippen LogP contribution is -2.15. The average Bonchev–Trinajstić information content (AvgIpc) is 2.68. The Balaban J connectivity index is 1.74. The third-order valence-corrected chi connectivity index (χ3v) is 3.97. The number of benzene rings is 2. The Hall–Kier alpha value is -3.74. The Labute approximate surface area is 163 Å². The second-order valence-electron chi connectivity index (χ2n) is 6.12. The Bertz CT molecular complexity index is 1000. The third-order valence-electron chi connectivity index (χ3n) is 3.97. The van der Waals surface area contributed by atoms with E-state index in [9.17, 15) is 9.59 Å². The van der Waals surface area contributed by atoms with Crippen molar-refractivity contribution in [1.29, 1.82) is 0 Å². The first-order valence-electron chi connectivity index (χ1n) is 8.92. The lowest BCUT2D eigenvalue weighted by molar-refractivity contribution is -0.114. The van der Waals surface area contributed by atoms with Gasteiger partial charge < -0.3 is 16.0 Å². The highest BCUT2D eigenvalue weighted by Gasteiger charge is 2.11. The van der Waals surface area contributed by atoms with Crippen molar-refractivity contribution >= 4 is 34.8 Å². The van der Waals surface area contributed by atoms with Crippen LogP contribution in [0.25, 0.3) is 0 Å². The Morgan fingerprint density at radius 1 is 0.964 bits per heavy atom. The van der Waals surface area contributed by atoms with Gasteiger partial charge in [-0.3, -0.25) is 9.59 Å². The van der Waals surface area contributed by atoms with Gasteiger partial charge in [0.1, 0.15) is 5.69 Å². The normalized spacial score (nSPS) is 10.2. The summed E-state index contributed by atoms with van der Waals surface area (Å²) < 4.78 is 0. The fourth-order valence-corrected chi connectivity index (χ4v) is 2.69. The number of aromatic nitrogens is 2. The molecule has 0 bridgehead atoms. The number of hydrogen-bond donors (Lipinski definition) is 3. The molecule has 0 unspecified atom stereocenters. The van der Waals surface area contributed by atoms with Crippen molar-refractivity contribution in [3.05, 3.63) is 72.1 Å². The van der Waals surface area contributed by atoms with Gasteiger partial charge in [-0.25, -0.2) is 9.97 Å². The van der Waals surface area contributed by atoms with Crippen LogP contribution in [0.4, 0.5) is 23.0 Å². The van der Waals surface area contributed by atoms with Gasteiger partial charge in [0.15, 0.2) is 0 Å². The van der Waals surface area contributed by atoms with Gasteiger partial charge in [0.05, 0.1) is 0 Å². The van der Waals surface area contributed by atoms with Crippen molar-refractivity contribution in [3.63, 3.8) is 0 Å². The first kappa shape index (κ1) is 19.0. The summed E-state index contributed by atoms with van der Waals surface area (Å²) in [6.07, 6.45) is 2.40. The fourth-order valence-electron chi connectivity index (χ4n) is 2.69. The van der Waals surface area contributed by atoms with Gasteiger partial charge in [0, 0.05) is 30.2 Å². The molecule has 7 nitrogen and oxygen atoms in total. The number of para-hydroxylation sites is 1. The van der Waals surface area contributed by atoms with E-state index >= 15 is 0 Å². The molecule has 0 aliphatic heterocycles. The van der Waals surface area contributed by atoms with E-state index in [1.807, 2.05) is 24.3 Å². The van der Waals surface area contributed by atoms with Crippen LogP contribution >= 0.6 is 0 Å². The first-order chi connectivity index (χ1) is 13.5. The highest BCUT2D eigenvalue weighted by atomic mass is 16.2. The SMILES string of the molecule is CCc1ccccc1Nc1nccc(C(=O)Nc2cccc(NC(C)=O)c2)n1. The van der Waals surface area contributed by atoms with E-state index in [2.05, 4.69) is 32.8 Å². The van der Waals surface area contributed by atoms with Crippen LogP contribution in [0.1, 0.15) is 29.9 Å². The molecule has 3 rings (SSSR count). The van der Waals surface area contributed by atoms with Gasteiger partial charge in [-0.1, -0.05) is 31.2 Å². The number of carbonyl (C=O) groups is 2. The van der Waals surface area contributed by atoms with Gasteiger partial charge in [-0.15, -0.1) is 0 Å². The maximum atomic E-state index is 12.6. The number of amides is 2. The average molecular weight is 375 g/mol. The number of aryl methyl sites for hydroxylation is 1. The standard InChI is InChI=1S/C21H21N5O2/c1-3-15-7-4-5-10-18(15)25-21-22-12-11-19(26-21)20(28)24-17-9-6-8-16(13-17)23-14(2)27/h4-13H,3H2,1-2H3,(H,23,27)(H,24,28)(H,22,25,26). The molecule has 1 aromatic heterocycles. The Kier molecular flexibility index (Phi) is 5.96. The monoisotopic (exact) mass is 375 g/mol. The molecule has 0 saturated carbocycles. The fraction of sp³-hybridized carbons (Fsp3) is 0.143. The molecule has 3 N–H and O–H groups in total. The van der Waals surface area contributed by atoms with E-state index in [-0.39, 0.29) is 17.5 Å². The molecule has 7 heteroatoms. The minimum atomic E-state index is -0.366. The number of rotatable bonds is 6. The van der Waals surface area contributed by atoms with Gasteiger partial charge >= 0.3 is 0 Å². The van der Waals surface area contributed by atoms with Crippen LogP contribution in [0.5, 0.6) is 0 Å². The number of anilines is 4. The maximum Gasteiger partial charge on any atom is 0.274 e. The predicted octanol–water partition coefficient (Wildman–Crippen LogP) is 3.99. The molecule has 0 spiro atoms. The van der Waals surface area contributed by atoms with Gasteiger partial charge in [-0.05, 0) is 42.3 Å². The first-order valence-corrected chi connectivity index (χ1v) is 8.92. The van der Waals surface area contributed by atoms with E-state index in [1.54, 1.807) is 30.3 Å². The van der Waals surface area contributed by atoms with Crippen LogP contribution in [-0.2, 0) is 11.2 Å². The molecule has 1 heterocycles. The zero-order valence-corrected chi connectivity index (χ0v) is 15.7. The number of nitrogens with one attached hydrogen (secondary N) is 3. The minimum absolute atomic E-state index is 0.178. The molecule has 0 radical (unpaired) electrons. The summed E-state index contributed by atoms with van der Waals surface area (Å²) in [4.78, 5) is 32.2. The molecule has 142 valence electrons. The summed E-state index contributed by atoms with van der Waals surface area (Å²) in [6, 6.07) is 16.3. The van der Waals surface area contributed by atoms with Gasteiger partial charge in [-0.2, -0.15) is 0 Å². The lowest BCUT2D eigenvalue weighted by atomic mass is 10.1. The highest BCUT2D eigenvalue weighted by Crippen LogP contribution is 2.19. The number of hydrogen-bond acceptors (Lipinski definition) is 5. The van der Waals surface area contributed by atoms with Crippen LogP contribution in [0.3, 0.4) is 0 Å². The predicted molar refractivity (Wildman–Crippen MR) is 110 cm³/mol. The molecule has 0 fully saturated rings. The number of nitrogens with zero attached hydrogens (tertiary/aromatic N) is 2. The van der Waals surface area contributed by atoms with Crippen molar-refractivity contribution < 1.29 is 9.59 Å². The van der Waals surface area contributed by atoms with Crippen LogP contribution in [0.2, 0.25) is 0 Å². The molecule has 0 atom stereocenters. The molecular weight excluding hydrogens is 354 g/mol. The summed E-state index contributed by atoms with van der Waals surface area (Å²) in [5, 5.41) is 8.62. The van der Waals surface area contributed by atoms with Crippen molar-refractivity contribution in [2.75, 3.05) is 16.0 Å². The summed E-state index contributed by atoms with van der Waals surface area (Å²) in [7, 11) is 0. The van der Waals surface area contributed by atoms with Crippen LogP contribution in [0.15, 0.2) is 60.8 Å². The van der Waals surface area contributed by atoms with Crippen molar-refractivity contribution in [2.24, 2.45) is 0 Å². The lowest BCUT2D eigenvalue weighted by Gasteiger charge is -2.11. The summed E-state index contributed by atoms with van der Waals surface area (Å²) in [5.74, 6) is -0.197. The van der Waals surface area contributed by atoms with E-state index < -0.39 is 0 Å². The van der Waals surface area contributed by atoms with E-state index in [0.717, 1.165) is 17.7 Å². The molecule has 2 aromatic carbocycles. The molecular formula is C21H21N5O2. The molecule has 28 heavy (non-hydrogen) atoms. The number of carbonyl (C=O) groups excluding carboxylic acids is 2. The summed E-state index contributed by atoms with van der Waals surface area (Å²) in [6.45, 7) is 3.50. The topological polar surface area (TPSA) is 96.0 Å². The Morgan fingerprint density at radius 3 is 2.46 bits per heavy atom. The van der Waals surface area contributed by atoms with Crippen LogP contribution in [0, 0.1) is 0 Å².